The molecule has 2 heterocycles. The van der Waals surface area contributed by atoms with Crippen LogP contribution < -0.4 is 10.7 Å². The van der Waals surface area contributed by atoms with Gasteiger partial charge >= 0.3 is 0 Å². The van der Waals surface area contributed by atoms with Crippen LogP contribution in [0.4, 0.5) is 0 Å². The van der Waals surface area contributed by atoms with E-state index in [2.05, 4.69) is 22.2 Å². The molecule has 1 fully saturated rings. The van der Waals surface area contributed by atoms with Gasteiger partial charge in [0.25, 0.3) is 5.91 Å². The molecule has 5 heteroatoms. The van der Waals surface area contributed by atoms with E-state index in [4.69, 9.17) is 0 Å². The molecule has 2 rings (SSSR count). The predicted molar refractivity (Wildman–Crippen MR) is 74.4 cm³/mol. The molecule has 1 amide bonds. The van der Waals surface area contributed by atoms with Crippen LogP contribution in [0, 0.1) is 12.8 Å². The molecule has 1 unspecified atom stereocenters. The van der Waals surface area contributed by atoms with Crippen molar-refractivity contribution >= 4 is 5.91 Å². The minimum atomic E-state index is -0.283. The number of amides is 1. The van der Waals surface area contributed by atoms with E-state index in [0.717, 1.165) is 25.2 Å². The van der Waals surface area contributed by atoms with Gasteiger partial charge in [0.1, 0.15) is 5.56 Å². The molecule has 1 aromatic rings. The van der Waals surface area contributed by atoms with E-state index in [1.165, 1.54) is 18.7 Å². The number of H-pyrrole nitrogens is 1. The van der Waals surface area contributed by atoms with Crippen molar-refractivity contribution in [3.8, 4) is 0 Å². The number of aryl methyl sites for hydroxylation is 1. The highest BCUT2D eigenvalue weighted by Crippen LogP contribution is 2.13. The molecule has 19 heavy (non-hydrogen) atoms. The lowest BCUT2D eigenvalue weighted by molar-refractivity contribution is 0.0935. The minimum Gasteiger partial charge on any atom is -0.364 e. The number of nitrogens with zero attached hydrogens (tertiary/aromatic N) is 1. The molecule has 1 aliphatic heterocycles. The molecule has 5 nitrogen and oxygen atoms in total. The van der Waals surface area contributed by atoms with Crippen LogP contribution in [0.25, 0.3) is 0 Å². The van der Waals surface area contributed by atoms with Gasteiger partial charge in [-0.2, -0.15) is 0 Å². The average molecular weight is 263 g/mol. The van der Waals surface area contributed by atoms with Crippen molar-refractivity contribution in [2.24, 2.45) is 5.92 Å². The maximum Gasteiger partial charge on any atom is 0.256 e. The summed E-state index contributed by atoms with van der Waals surface area (Å²) in [7, 11) is 2.10. The number of likely N-dealkylation sites (tertiary alicyclic amines) is 1. The van der Waals surface area contributed by atoms with Gasteiger partial charge in [0.15, 0.2) is 5.43 Å². The average Bonchev–Trinajstić information content (AvgIpc) is 2.36. The molecule has 0 aromatic carbocycles. The Morgan fingerprint density at radius 3 is 3.05 bits per heavy atom. The van der Waals surface area contributed by atoms with E-state index >= 15 is 0 Å². The van der Waals surface area contributed by atoms with Crippen LogP contribution in [0.2, 0.25) is 0 Å². The molecule has 1 aliphatic rings. The third-order valence-electron chi connectivity index (χ3n) is 3.58. The van der Waals surface area contributed by atoms with Crippen molar-refractivity contribution in [2.75, 3.05) is 26.7 Å². The molecular formula is C14H21N3O2. The first-order chi connectivity index (χ1) is 9.06. The van der Waals surface area contributed by atoms with Gasteiger partial charge in [-0.1, -0.05) is 0 Å². The number of hydrogen-bond donors (Lipinski definition) is 2. The molecular weight excluding hydrogens is 242 g/mol. The molecule has 1 atom stereocenters. The zero-order valence-electron chi connectivity index (χ0n) is 11.5. The number of piperidine rings is 1. The van der Waals surface area contributed by atoms with Crippen LogP contribution in [0.15, 0.2) is 17.1 Å². The number of aromatic amines is 1. The molecule has 0 spiro atoms. The van der Waals surface area contributed by atoms with E-state index in [1.54, 1.807) is 6.92 Å². The SMILES string of the molecule is Cc1cc(=O)c(C(=O)NCC2CCCN(C)C2)c[nH]1. The van der Waals surface area contributed by atoms with Crippen molar-refractivity contribution in [1.82, 2.24) is 15.2 Å². The van der Waals surface area contributed by atoms with Gasteiger partial charge in [-0.05, 0) is 39.3 Å². The Kier molecular flexibility index (Phi) is 4.37. The quantitative estimate of drug-likeness (QED) is 0.846. The number of hydrogen-bond acceptors (Lipinski definition) is 3. The van der Waals surface area contributed by atoms with Crippen LogP contribution in [-0.4, -0.2) is 42.5 Å². The lowest BCUT2D eigenvalue weighted by Crippen LogP contribution is -2.40. The Balaban J connectivity index is 1.92. The van der Waals surface area contributed by atoms with E-state index < -0.39 is 0 Å². The smallest absolute Gasteiger partial charge is 0.256 e. The summed E-state index contributed by atoms with van der Waals surface area (Å²) in [5.41, 5.74) is 0.722. The lowest BCUT2D eigenvalue weighted by atomic mass is 9.98. The number of pyridine rings is 1. The minimum absolute atomic E-state index is 0.190. The van der Waals surface area contributed by atoms with Crippen molar-refractivity contribution in [3.63, 3.8) is 0 Å². The number of aromatic nitrogens is 1. The fourth-order valence-corrected chi connectivity index (χ4v) is 2.52. The van der Waals surface area contributed by atoms with Crippen LogP contribution in [-0.2, 0) is 0 Å². The fraction of sp³-hybridized carbons (Fsp3) is 0.571. The van der Waals surface area contributed by atoms with Crippen molar-refractivity contribution in [2.45, 2.75) is 19.8 Å². The first-order valence-electron chi connectivity index (χ1n) is 6.72. The second kappa shape index (κ2) is 6.02. The molecule has 1 saturated heterocycles. The molecule has 1 aromatic heterocycles. The Hall–Kier alpha value is -1.62. The Bertz CT molecular complexity index is 510. The predicted octanol–water partition coefficient (Wildman–Crippen LogP) is 0.755. The van der Waals surface area contributed by atoms with Gasteiger partial charge in [-0.25, -0.2) is 0 Å². The molecule has 0 bridgehead atoms. The Labute approximate surface area is 113 Å². The maximum absolute atomic E-state index is 12.0. The number of carbonyl (C=O) groups is 1. The van der Waals surface area contributed by atoms with Crippen molar-refractivity contribution in [1.29, 1.82) is 0 Å². The highest BCUT2D eigenvalue weighted by molar-refractivity contribution is 5.93. The zero-order chi connectivity index (χ0) is 13.8. The summed E-state index contributed by atoms with van der Waals surface area (Å²) in [4.78, 5) is 28.8. The number of nitrogens with one attached hydrogen (secondary N) is 2. The molecule has 0 radical (unpaired) electrons. The fourth-order valence-electron chi connectivity index (χ4n) is 2.52. The summed E-state index contributed by atoms with van der Waals surface area (Å²) < 4.78 is 0. The van der Waals surface area contributed by atoms with E-state index in [9.17, 15) is 9.59 Å². The summed E-state index contributed by atoms with van der Waals surface area (Å²) in [5, 5.41) is 2.86. The van der Waals surface area contributed by atoms with Gasteiger partial charge < -0.3 is 15.2 Å². The normalized spacial score (nSPS) is 20.2. The third kappa shape index (κ3) is 3.67. The van der Waals surface area contributed by atoms with Gasteiger partial charge in [-0.15, -0.1) is 0 Å². The Morgan fingerprint density at radius 1 is 1.58 bits per heavy atom. The molecule has 104 valence electrons. The summed E-state index contributed by atoms with van der Waals surface area (Å²) in [6, 6.07) is 1.45. The highest BCUT2D eigenvalue weighted by atomic mass is 16.2. The Morgan fingerprint density at radius 2 is 2.37 bits per heavy atom. The van der Waals surface area contributed by atoms with E-state index in [-0.39, 0.29) is 16.9 Å². The summed E-state index contributed by atoms with van der Waals surface area (Å²) in [5.74, 6) is 0.196. The van der Waals surface area contributed by atoms with Crippen molar-refractivity contribution in [3.05, 3.63) is 33.7 Å². The van der Waals surface area contributed by atoms with E-state index in [1.807, 2.05) is 0 Å². The van der Waals surface area contributed by atoms with Gasteiger partial charge in [-0.3, -0.25) is 9.59 Å². The van der Waals surface area contributed by atoms with Crippen LogP contribution in [0.3, 0.4) is 0 Å². The van der Waals surface area contributed by atoms with Gasteiger partial charge in [0.2, 0.25) is 0 Å². The largest absolute Gasteiger partial charge is 0.364 e. The summed E-state index contributed by atoms with van der Waals surface area (Å²) >= 11 is 0. The topological polar surface area (TPSA) is 65.2 Å². The summed E-state index contributed by atoms with van der Waals surface area (Å²) in [6.45, 7) is 4.56. The second-order valence-electron chi connectivity index (χ2n) is 5.37. The maximum atomic E-state index is 12.0. The number of carbonyl (C=O) groups excluding carboxylic acids is 1. The first-order valence-corrected chi connectivity index (χ1v) is 6.72. The van der Waals surface area contributed by atoms with Gasteiger partial charge in [0.05, 0.1) is 0 Å². The molecule has 2 N–H and O–H groups in total. The standard InChI is InChI=1S/C14H21N3O2/c1-10-6-13(18)12(8-15-10)14(19)16-7-11-4-3-5-17(2)9-11/h6,8,11H,3-5,7,9H2,1-2H3,(H,15,18)(H,16,19). The molecule has 0 aliphatic carbocycles. The van der Waals surface area contributed by atoms with Crippen LogP contribution in [0.1, 0.15) is 28.9 Å². The summed E-state index contributed by atoms with van der Waals surface area (Å²) in [6.07, 6.45) is 3.79. The third-order valence-corrected chi connectivity index (χ3v) is 3.58. The lowest BCUT2D eigenvalue weighted by Gasteiger charge is -2.29. The van der Waals surface area contributed by atoms with Crippen LogP contribution in [0.5, 0.6) is 0 Å². The van der Waals surface area contributed by atoms with E-state index in [0.29, 0.717) is 12.5 Å². The number of rotatable bonds is 3. The monoisotopic (exact) mass is 263 g/mol. The van der Waals surface area contributed by atoms with Gasteiger partial charge in [0, 0.05) is 31.0 Å². The molecule has 0 saturated carbocycles. The first kappa shape index (κ1) is 13.8. The zero-order valence-corrected chi connectivity index (χ0v) is 11.5. The highest BCUT2D eigenvalue weighted by Gasteiger charge is 2.18. The second-order valence-corrected chi connectivity index (χ2v) is 5.37. The van der Waals surface area contributed by atoms with Crippen molar-refractivity contribution < 1.29 is 4.79 Å². The van der Waals surface area contributed by atoms with Crippen LogP contribution >= 0.6 is 0 Å².